The molecule has 2 amide bonds. The molecule has 0 aliphatic heterocycles. The van der Waals surface area contributed by atoms with Gasteiger partial charge in [-0.2, -0.15) is 0 Å². The van der Waals surface area contributed by atoms with Gasteiger partial charge < -0.3 is 15.4 Å². The number of benzene rings is 2. The Labute approximate surface area is 146 Å². The number of hydrogen-bond acceptors (Lipinski definition) is 3. The lowest BCUT2D eigenvalue weighted by Gasteiger charge is -2.11. The van der Waals surface area contributed by atoms with Gasteiger partial charge in [-0.1, -0.05) is 18.2 Å². The van der Waals surface area contributed by atoms with Crippen LogP contribution in [0.1, 0.15) is 0 Å². The lowest BCUT2D eigenvalue weighted by atomic mass is 10.2. The molecule has 0 unspecified atom stereocenters. The van der Waals surface area contributed by atoms with Gasteiger partial charge in [0.05, 0.1) is 12.2 Å². The number of nitrogens with zero attached hydrogens (tertiary/aromatic N) is 1. The van der Waals surface area contributed by atoms with Crippen LogP contribution in [0.4, 0.5) is 23.7 Å². The maximum atomic E-state index is 13.5. The van der Waals surface area contributed by atoms with Crippen molar-refractivity contribution in [1.29, 1.82) is 0 Å². The highest BCUT2D eigenvalue weighted by molar-refractivity contribution is 5.89. The average Bonchev–Trinajstić information content (AvgIpc) is 2.66. The predicted molar refractivity (Wildman–Crippen MR) is 90.6 cm³/mol. The van der Waals surface area contributed by atoms with Crippen molar-refractivity contribution in [3.63, 3.8) is 0 Å². The van der Waals surface area contributed by atoms with Gasteiger partial charge in [0.1, 0.15) is 17.9 Å². The van der Waals surface area contributed by atoms with Crippen LogP contribution in [-0.4, -0.2) is 24.2 Å². The lowest BCUT2D eigenvalue weighted by Crippen LogP contribution is -2.32. The molecule has 0 fully saturated rings. The molecule has 3 rings (SSSR count). The Hall–Kier alpha value is -3.29. The summed E-state index contributed by atoms with van der Waals surface area (Å²) in [6.07, 6.45) is 1.65. The standard InChI is InChI=1S/C18H14F3N3O2/c19-12-6-7-13(16(21)15(12)20)24-18(25)23-9-10-26-14-5-1-3-11-4-2-8-22-17(11)14/h1-8H,9-10H2,(H2,23,24,25). The fraction of sp³-hybridized carbons (Fsp3) is 0.111. The first-order valence-electron chi connectivity index (χ1n) is 7.71. The van der Waals surface area contributed by atoms with E-state index in [2.05, 4.69) is 15.6 Å². The molecule has 2 N–H and O–H groups in total. The summed E-state index contributed by atoms with van der Waals surface area (Å²) in [5.74, 6) is -3.87. The van der Waals surface area contributed by atoms with Crippen molar-refractivity contribution in [2.75, 3.05) is 18.5 Å². The number of pyridine rings is 1. The Morgan fingerprint density at radius 1 is 1.04 bits per heavy atom. The third-order valence-electron chi connectivity index (χ3n) is 3.52. The van der Waals surface area contributed by atoms with Gasteiger partial charge >= 0.3 is 6.03 Å². The van der Waals surface area contributed by atoms with Crippen LogP contribution in [0, 0.1) is 17.5 Å². The molecule has 3 aromatic rings. The van der Waals surface area contributed by atoms with Crippen molar-refractivity contribution in [2.45, 2.75) is 0 Å². The number of nitrogens with one attached hydrogen (secondary N) is 2. The highest BCUT2D eigenvalue weighted by atomic mass is 19.2. The van der Waals surface area contributed by atoms with E-state index >= 15 is 0 Å². The van der Waals surface area contributed by atoms with Crippen molar-refractivity contribution in [2.24, 2.45) is 0 Å². The molecule has 0 bridgehead atoms. The number of carbonyl (C=O) groups excluding carboxylic acids is 1. The molecule has 0 radical (unpaired) electrons. The normalized spacial score (nSPS) is 10.6. The summed E-state index contributed by atoms with van der Waals surface area (Å²) >= 11 is 0. The Balaban J connectivity index is 1.52. The second-order valence-electron chi connectivity index (χ2n) is 5.28. The molecule has 0 spiro atoms. The number of rotatable bonds is 5. The minimum atomic E-state index is -1.64. The van der Waals surface area contributed by atoms with Gasteiger partial charge in [-0.3, -0.25) is 4.98 Å². The first-order valence-corrected chi connectivity index (χ1v) is 7.71. The number of anilines is 1. The van der Waals surface area contributed by atoms with Crippen LogP contribution in [0.25, 0.3) is 10.9 Å². The van der Waals surface area contributed by atoms with Gasteiger partial charge in [-0.05, 0) is 24.3 Å². The molecule has 26 heavy (non-hydrogen) atoms. The van der Waals surface area contributed by atoms with E-state index in [-0.39, 0.29) is 13.2 Å². The number of urea groups is 1. The fourth-order valence-corrected chi connectivity index (χ4v) is 2.31. The van der Waals surface area contributed by atoms with Gasteiger partial charge in [-0.25, -0.2) is 18.0 Å². The zero-order valence-electron chi connectivity index (χ0n) is 13.4. The zero-order valence-corrected chi connectivity index (χ0v) is 13.4. The smallest absolute Gasteiger partial charge is 0.319 e. The minimum Gasteiger partial charge on any atom is -0.489 e. The van der Waals surface area contributed by atoms with Gasteiger partial charge in [-0.15, -0.1) is 0 Å². The quantitative estimate of drug-likeness (QED) is 0.536. The third-order valence-corrected chi connectivity index (χ3v) is 3.52. The Morgan fingerprint density at radius 2 is 1.85 bits per heavy atom. The maximum absolute atomic E-state index is 13.5. The largest absolute Gasteiger partial charge is 0.489 e. The molecule has 0 saturated heterocycles. The number of halogens is 3. The van der Waals surface area contributed by atoms with Crippen molar-refractivity contribution in [1.82, 2.24) is 10.3 Å². The summed E-state index contributed by atoms with van der Waals surface area (Å²) < 4.78 is 45.1. The van der Waals surface area contributed by atoms with Crippen LogP contribution in [0.3, 0.4) is 0 Å². The number of carbonyl (C=O) groups is 1. The topological polar surface area (TPSA) is 63.2 Å². The molecular weight excluding hydrogens is 347 g/mol. The van der Waals surface area contributed by atoms with Crippen LogP contribution in [0.5, 0.6) is 5.75 Å². The van der Waals surface area contributed by atoms with Crippen LogP contribution < -0.4 is 15.4 Å². The van der Waals surface area contributed by atoms with Crippen molar-refractivity contribution >= 4 is 22.6 Å². The van der Waals surface area contributed by atoms with Gasteiger partial charge in [0.2, 0.25) is 0 Å². The summed E-state index contributed by atoms with van der Waals surface area (Å²) in [6.45, 7) is 0.254. The van der Waals surface area contributed by atoms with E-state index in [1.807, 2.05) is 24.3 Å². The first kappa shape index (κ1) is 17.5. The second kappa shape index (κ2) is 7.73. The van der Waals surface area contributed by atoms with Crippen molar-refractivity contribution < 1.29 is 22.7 Å². The summed E-state index contributed by atoms with van der Waals surface area (Å²) in [5, 5.41) is 5.46. The molecule has 0 saturated carbocycles. The molecule has 0 atom stereocenters. The summed E-state index contributed by atoms with van der Waals surface area (Å²) in [5.41, 5.74) is 0.240. The summed E-state index contributed by atoms with van der Waals surface area (Å²) in [7, 11) is 0. The van der Waals surface area contributed by atoms with Crippen molar-refractivity contribution in [3.8, 4) is 5.75 Å². The molecular formula is C18H14F3N3O2. The van der Waals surface area contributed by atoms with Crippen LogP contribution >= 0.6 is 0 Å². The summed E-state index contributed by atoms with van der Waals surface area (Å²) in [6, 6.07) is 10.1. The molecule has 134 valence electrons. The molecule has 8 heteroatoms. The van der Waals surface area contributed by atoms with Crippen molar-refractivity contribution in [3.05, 3.63) is 66.1 Å². The zero-order chi connectivity index (χ0) is 18.5. The van der Waals surface area contributed by atoms with Crippen LogP contribution in [-0.2, 0) is 0 Å². The van der Waals surface area contributed by atoms with E-state index in [0.29, 0.717) is 11.3 Å². The highest BCUT2D eigenvalue weighted by Gasteiger charge is 2.15. The predicted octanol–water partition coefficient (Wildman–Crippen LogP) is 3.85. The number of para-hydroxylation sites is 1. The maximum Gasteiger partial charge on any atom is 0.319 e. The van der Waals surface area contributed by atoms with Crippen LogP contribution in [0.15, 0.2) is 48.7 Å². The fourth-order valence-electron chi connectivity index (χ4n) is 2.31. The minimum absolute atomic E-state index is 0.111. The summed E-state index contributed by atoms with van der Waals surface area (Å²) in [4.78, 5) is 16.0. The van der Waals surface area contributed by atoms with E-state index in [0.717, 1.165) is 17.5 Å². The Morgan fingerprint density at radius 3 is 2.69 bits per heavy atom. The number of fused-ring (bicyclic) bond motifs is 1. The average molecular weight is 361 g/mol. The van der Waals surface area contributed by atoms with E-state index in [9.17, 15) is 18.0 Å². The molecule has 5 nitrogen and oxygen atoms in total. The third kappa shape index (κ3) is 3.85. The van der Waals surface area contributed by atoms with E-state index < -0.39 is 29.2 Å². The number of hydrogen-bond donors (Lipinski definition) is 2. The number of amides is 2. The molecule has 1 heterocycles. The number of ether oxygens (including phenoxy) is 1. The van der Waals surface area contributed by atoms with Gasteiger partial charge in [0, 0.05) is 11.6 Å². The molecule has 0 aliphatic carbocycles. The Kier molecular flexibility index (Phi) is 5.21. The van der Waals surface area contributed by atoms with E-state index in [4.69, 9.17) is 4.74 Å². The lowest BCUT2D eigenvalue weighted by molar-refractivity contribution is 0.247. The SMILES string of the molecule is O=C(NCCOc1cccc2cccnc12)Nc1ccc(F)c(F)c1F. The number of aromatic nitrogens is 1. The molecule has 2 aromatic carbocycles. The Bertz CT molecular complexity index is 945. The molecule has 1 aromatic heterocycles. The first-order chi connectivity index (χ1) is 12.6. The van der Waals surface area contributed by atoms with Gasteiger partial charge in [0.15, 0.2) is 17.5 Å². The highest BCUT2D eigenvalue weighted by Crippen LogP contribution is 2.22. The van der Waals surface area contributed by atoms with E-state index in [1.54, 1.807) is 12.3 Å². The molecule has 0 aliphatic rings. The van der Waals surface area contributed by atoms with Crippen LogP contribution in [0.2, 0.25) is 0 Å². The monoisotopic (exact) mass is 361 g/mol. The van der Waals surface area contributed by atoms with E-state index in [1.165, 1.54) is 0 Å². The second-order valence-corrected chi connectivity index (χ2v) is 5.28. The van der Waals surface area contributed by atoms with Gasteiger partial charge in [0.25, 0.3) is 0 Å².